The van der Waals surface area contributed by atoms with Crippen molar-refractivity contribution in [3.05, 3.63) is 18.3 Å². The summed E-state index contributed by atoms with van der Waals surface area (Å²) in [6.07, 6.45) is 5.64. The number of anilines is 2. The normalized spacial score (nSPS) is 29.5. The Morgan fingerprint density at radius 3 is 2.82 bits per heavy atom. The van der Waals surface area contributed by atoms with Crippen LogP contribution in [0, 0.1) is 10.8 Å². The summed E-state index contributed by atoms with van der Waals surface area (Å²) in [5.41, 5.74) is 7.26. The number of rotatable bonds is 3. The van der Waals surface area contributed by atoms with Gasteiger partial charge in [0, 0.05) is 12.6 Å². The summed E-state index contributed by atoms with van der Waals surface area (Å²) in [5, 5.41) is 2.68. The average Bonchev–Trinajstić information content (AvgIpc) is 2.68. The number of hydrogen-bond acceptors (Lipinski definition) is 4. The molecule has 0 spiro atoms. The van der Waals surface area contributed by atoms with Crippen LogP contribution >= 0.6 is 0 Å². The van der Waals surface area contributed by atoms with Gasteiger partial charge in [-0.3, -0.25) is 4.79 Å². The van der Waals surface area contributed by atoms with Crippen molar-refractivity contribution < 1.29 is 4.79 Å². The third kappa shape index (κ3) is 2.95. The highest BCUT2D eigenvalue weighted by Gasteiger charge is 2.49. The summed E-state index contributed by atoms with van der Waals surface area (Å²) in [5.74, 6) is 0.347. The van der Waals surface area contributed by atoms with Crippen LogP contribution < -0.4 is 16.0 Å². The molecule has 5 heteroatoms. The van der Waals surface area contributed by atoms with Crippen LogP contribution in [0.15, 0.2) is 18.3 Å². The summed E-state index contributed by atoms with van der Waals surface area (Å²) in [7, 11) is 0. The number of amides is 1. The molecule has 3 N–H and O–H groups in total. The highest BCUT2D eigenvalue weighted by molar-refractivity contribution is 5.91. The number of aromatic nitrogens is 1. The van der Waals surface area contributed by atoms with Crippen LogP contribution in [0.1, 0.15) is 40.0 Å². The van der Waals surface area contributed by atoms with Gasteiger partial charge in [0.1, 0.15) is 5.82 Å². The Bertz CT molecular complexity index is 569. The minimum absolute atomic E-state index is 0.0228. The molecular weight excluding hydrogens is 276 g/mol. The van der Waals surface area contributed by atoms with Crippen LogP contribution in [0.4, 0.5) is 11.5 Å². The molecular formula is C17H26N4O. The van der Waals surface area contributed by atoms with Crippen molar-refractivity contribution in [3.63, 3.8) is 0 Å². The van der Waals surface area contributed by atoms with Crippen LogP contribution in [0.2, 0.25) is 0 Å². The highest BCUT2D eigenvalue weighted by atomic mass is 16.1. The number of nitrogens with zero attached hydrogens (tertiary/aromatic N) is 2. The molecule has 1 saturated heterocycles. The fourth-order valence-corrected chi connectivity index (χ4v) is 4.59. The molecule has 1 aliphatic carbocycles. The maximum absolute atomic E-state index is 11.3. The first-order valence-corrected chi connectivity index (χ1v) is 8.03. The molecule has 1 saturated carbocycles. The predicted octanol–water partition coefficient (Wildman–Crippen LogP) is 2.38. The zero-order valence-corrected chi connectivity index (χ0v) is 13.7. The molecule has 1 aliphatic heterocycles. The van der Waals surface area contributed by atoms with Crippen molar-refractivity contribution in [2.75, 3.05) is 23.3 Å². The molecule has 2 heterocycles. The van der Waals surface area contributed by atoms with Crippen LogP contribution in [-0.2, 0) is 4.79 Å². The van der Waals surface area contributed by atoms with Gasteiger partial charge in [-0.2, -0.15) is 0 Å². The lowest BCUT2D eigenvalue weighted by Crippen LogP contribution is -2.34. The van der Waals surface area contributed by atoms with Crippen LogP contribution in [0.25, 0.3) is 0 Å². The second kappa shape index (κ2) is 5.23. The molecule has 2 unspecified atom stereocenters. The second-order valence-electron chi connectivity index (χ2n) is 8.00. The first-order chi connectivity index (χ1) is 10.3. The number of hydrogen-bond donors (Lipinski definition) is 2. The fraction of sp³-hybridized carbons (Fsp3) is 0.647. The summed E-state index contributed by atoms with van der Waals surface area (Å²) < 4.78 is 0. The largest absolute Gasteiger partial charge is 0.367 e. The minimum atomic E-state index is -0.216. The molecule has 0 aromatic carbocycles. The van der Waals surface area contributed by atoms with Gasteiger partial charge in [-0.1, -0.05) is 20.8 Å². The van der Waals surface area contributed by atoms with Crippen molar-refractivity contribution in [2.45, 2.75) is 46.1 Å². The van der Waals surface area contributed by atoms with Crippen molar-refractivity contribution in [1.29, 1.82) is 0 Å². The van der Waals surface area contributed by atoms with Gasteiger partial charge in [-0.15, -0.1) is 0 Å². The van der Waals surface area contributed by atoms with Crippen molar-refractivity contribution in [1.82, 2.24) is 4.98 Å². The first-order valence-electron chi connectivity index (χ1n) is 8.03. The van der Waals surface area contributed by atoms with E-state index in [-0.39, 0.29) is 12.5 Å². The summed E-state index contributed by atoms with van der Waals surface area (Å²) in [4.78, 5) is 18.2. The minimum Gasteiger partial charge on any atom is -0.367 e. The van der Waals surface area contributed by atoms with Gasteiger partial charge in [-0.25, -0.2) is 4.98 Å². The van der Waals surface area contributed by atoms with Gasteiger partial charge in [0.15, 0.2) is 0 Å². The van der Waals surface area contributed by atoms with Gasteiger partial charge in [-0.05, 0) is 42.2 Å². The Morgan fingerprint density at radius 2 is 2.18 bits per heavy atom. The molecule has 0 radical (unpaired) electrons. The molecule has 3 rings (SSSR count). The number of pyridine rings is 1. The Labute approximate surface area is 132 Å². The lowest BCUT2D eigenvalue weighted by molar-refractivity contribution is -0.114. The lowest BCUT2D eigenvalue weighted by Gasteiger charge is -2.39. The monoisotopic (exact) mass is 302 g/mol. The van der Waals surface area contributed by atoms with E-state index in [1.165, 1.54) is 19.3 Å². The maximum atomic E-state index is 11.3. The molecule has 22 heavy (non-hydrogen) atoms. The quantitative estimate of drug-likeness (QED) is 0.899. The lowest BCUT2D eigenvalue weighted by atomic mass is 9.65. The van der Waals surface area contributed by atoms with E-state index >= 15 is 0 Å². The van der Waals surface area contributed by atoms with Crippen molar-refractivity contribution in [3.8, 4) is 0 Å². The Morgan fingerprint density at radius 1 is 1.41 bits per heavy atom. The smallest absolute Gasteiger partial charge is 0.239 e. The Hall–Kier alpha value is -1.62. The van der Waals surface area contributed by atoms with E-state index in [0.717, 1.165) is 12.2 Å². The molecule has 5 nitrogen and oxygen atoms in total. The van der Waals surface area contributed by atoms with Crippen molar-refractivity contribution >= 4 is 17.4 Å². The van der Waals surface area contributed by atoms with E-state index in [9.17, 15) is 4.79 Å². The molecule has 1 aromatic heterocycles. The average molecular weight is 302 g/mol. The summed E-state index contributed by atoms with van der Waals surface area (Å²) in [6.45, 7) is 8.24. The van der Waals surface area contributed by atoms with E-state index < -0.39 is 0 Å². The third-order valence-corrected chi connectivity index (χ3v) is 4.95. The molecule has 2 aliphatic rings. The molecule has 1 amide bonds. The zero-order valence-electron chi connectivity index (χ0n) is 13.7. The molecule has 2 bridgehead atoms. The van der Waals surface area contributed by atoms with Crippen molar-refractivity contribution in [2.24, 2.45) is 16.6 Å². The standard InChI is InChI=1S/C17H26N4O/c1-16(2)6-13-7-17(3,10-16)11-21(13)12-4-5-14(19-9-12)20-15(22)8-18/h4-5,9,13H,6-8,10-11,18H2,1-3H3,(H,19,20,22). The third-order valence-electron chi connectivity index (χ3n) is 4.95. The van der Waals surface area contributed by atoms with E-state index in [2.05, 4.69) is 42.0 Å². The van der Waals surface area contributed by atoms with E-state index in [0.29, 0.717) is 22.7 Å². The van der Waals surface area contributed by atoms with Gasteiger partial charge < -0.3 is 16.0 Å². The Balaban J connectivity index is 1.76. The molecule has 120 valence electrons. The highest BCUT2D eigenvalue weighted by Crippen LogP contribution is 2.53. The van der Waals surface area contributed by atoms with Crippen LogP contribution in [0.3, 0.4) is 0 Å². The van der Waals surface area contributed by atoms with Gasteiger partial charge in [0.25, 0.3) is 0 Å². The molecule has 1 aromatic rings. The summed E-state index contributed by atoms with van der Waals surface area (Å²) >= 11 is 0. The number of nitrogens with two attached hydrogens (primary N) is 1. The van der Waals surface area contributed by atoms with E-state index in [1.807, 2.05) is 12.3 Å². The van der Waals surface area contributed by atoms with Crippen LogP contribution in [0.5, 0.6) is 0 Å². The van der Waals surface area contributed by atoms with E-state index in [4.69, 9.17) is 5.73 Å². The van der Waals surface area contributed by atoms with Gasteiger partial charge >= 0.3 is 0 Å². The van der Waals surface area contributed by atoms with Gasteiger partial charge in [0.05, 0.1) is 18.4 Å². The fourth-order valence-electron chi connectivity index (χ4n) is 4.59. The zero-order chi connectivity index (χ0) is 16.0. The number of nitrogens with one attached hydrogen (secondary N) is 1. The number of fused-ring (bicyclic) bond motifs is 2. The predicted molar refractivity (Wildman–Crippen MR) is 88.8 cm³/mol. The SMILES string of the molecule is CC1(C)CC2CC(C)(CN2c2ccc(NC(=O)CN)nc2)C1. The second-order valence-corrected chi connectivity index (χ2v) is 8.00. The van der Waals surface area contributed by atoms with Crippen LogP contribution in [-0.4, -0.2) is 30.0 Å². The molecule has 2 fully saturated rings. The van der Waals surface area contributed by atoms with Gasteiger partial charge in [0.2, 0.25) is 5.91 Å². The first kappa shape index (κ1) is 15.3. The summed E-state index contributed by atoms with van der Waals surface area (Å²) in [6, 6.07) is 4.51. The number of carbonyl (C=O) groups is 1. The van der Waals surface area contributed by atoms with E-state index in [1.54, 1.807) is 0 Å². The topological polar surface area (TPSA) is 71.2 Å². The molecule has 2 atom stereocenters. The number of carbonyl (C=O) groups excluding carboxylic acids is 1. The maximum Gasteiger partial charge on any atom is 0.239 e. The Kier molecular flexibility index (Phi) is 3.63.